The molecule has 1 N–H and O–H groups in total. The lowest BCUT2D eigenvalue weighted by molar-refractivity contribution is -0.240. The van der Waals surface area contributed by atoms with Gasteiger partial charge in [0.05, 0.1) is 5.41 Å². The third kappa shape index (κ3) is 1.98. The summed E-state index contributed by atoms with van der Waals surface area (Å²) in [5.74, 6) is -3.07. The van der Waals surface area contributed by atoms with Gasteiger partial charge in [0.1, 0.15) is 5.60 Å². The van der Waals surface area contributed by atoms with Crippen LogP contribution in [0.4, 0.5) is 13.2 Å². The molecular weight excluding hydrogens is 277 g/mol. The number of carbonyl (C=O) groups excluding carboxylic acids is 1. The molecule has 2 atom stereocenters. The van der Waals surface area contributed by atoms with Gasteiger partial charge in [-0.2, -0.15) is 13.2 Å². The zero-order valence-corrected chi connectivity index (χ0v) is 10.7. The summed E-state index contributed by atoms with van der Waals surface area (Å²) in [7, 11) is 0. The maximum absolute atomic E-state index is 12.4. The van der Waals surface area contributed by atoms with E-state index in [2.05, 4.69) is 0 Å². The lowest BCUT2D eigenvalue weighted by Crippen LogP contribution is -2.60. The number of carbonyl (C=O) groups is 2. The Morgan fingerprint density at radius 3 is 2.10 bits per heavy atom. The number of aliphatic carboxylic acids is 1. The number of alkyl halides is 3. The number of esters is 1. The summed E-state index contributed by atoms with van der Waals surface area (Å²) in [6.07, 6.45) is -2.47. The van der Waals surface area contributed by atoms with Crippen molar-refractivity contribution in [2.45, 2.75) is 50.3 Å². The van der Waals surface area contributed by atoms with Gasteiger partial charge in [0.2, 0.25) is 0 Å². The fourth-order valence-electron chi connectivity index (χ4n) is 4.80. The second-order valence-electron chi connectivity index (χ2n) is 6.62. The Morgan fingerprint density at radius 1 is 1.10 bits per heavy atom. The fraction of sp³-hybridized carbons (Fsp3) is 0.846. The lowest BCUT2D eigenvalue weighted by Gasteiger charge is -2.59. The predicted octanol–water partition coefficient (Wildman–Crippen LogP) is 2.52. The molecule has 4 aliphatic carbocycles. The maximum atomic E-state index is 12.4. The SMILES string of the molecule is O=C(OC12C[C@@H]3C[C@@H](C1)CC(C(=O)O)(C3)C2)C(F)(F)F. The smallest absolute Gasteiger partial charge is 0.481 e. The Balaban J connectivity index is 1.87. The van der Waals surface area contributed by atoms with Gasteiger partial charge in [0, 0.05) is 6.42 Å². The van der Waals surface area contributed by atoms with Crippen LogP contribution in [0.5, 0.6) is 0 Å². The molecule has 0 aromatic rings. The maximum Gasteiger partial charge on any atom is 0.490 e. The molecule has 0 spiro atoms. The number of rotatable bonds is 2. The van der Waals surface area contributed by atoms with Crippen LogP contribution in [0.2, 0.25) is 0 Å². The minimum atomic E-state index is -5.03. The number of hydrogen-bond acceptors (Lipinski definition) is 3. The molecule has 0 unspecified atom stereocenters. The highest BCUT2D eigenvalue weighted by Crippen LogP contribution is 2.63. The van der Waals surface area contributed by atoms with E-state index in [4.69, 9.17) is 4.74 Å². The van der Waals surface area contributed by atoms with Crippen molar-refractivity contribution in [3.8, 4) is 0 Å². The van der Waals surface area contributed by atoms with Crippen molar-refractivity contribution in [2.75, 3.05) is 0 Å². The monoisotopic (exact) mass is 292 g/mol. The van der Waals surface area contributed by atoms with Crippen molar-refractivity contribution >= 4 is 11.9 Å². The van der Waals surface area contributed by atoms with Gasteiger partial charge in [-0.15, -0.1) is 0 Å². The first-order chi connectivity index (χ1) is 9.14. The Kier molecular flexibility index (Phi) is 2.66. The van der Waals surface area contributed by atoms with Gasteiger partial charge in [-0.1, -0.05) is 0 Å². The number of carboxylic acids is 1. The van der Waals surface area contributed by atoms with Crippen molar-refractivity contribution in [3.63, 3.8) is 0 Å². The summed E-state index contributed by atoms with van der Waals surface area (Å²) in [5.41, 5.74) is -2.23. The largest absolute Gasteiger partial charge is 0.490 e. The van der Waals surface area contributed by atoms with Gasteiger partial charge in [-0.25, -0.2) is 4.79 Å². The topological polar surface area (TPSA) is 63.6 Å². The molecule has 4 aliphatic rings. The van der Waals surface area contributed by atoms with Crippen LogP contribution < -0.4 is 0 Å². The molecule has 112 valence electrons. The predicted molar refractivity (Wildman–Crippen MR) is 59.6 cm³/mol. The van der Waals surface area contributed by atoms with Crippen molar-refractivity contribution in [1.82, 2.24) is 0 Å². The Hall–Kier alpha value is -1.27. The number of hydrogen-bond donors (Lipinski definition) is 1. The van der Waals surface area contributed by atoms with E-state index in [9.17, 15) is 27.9 Å². The van der Waals surface area contributed by atoms with Gasteiger partial charge in [-0.3, -0.25) is 4.79 Å². The normalized spacial score (nSPS) is 42.5. The van der Waals surface area contributed by atoms with Crippen molar-refractivity contribution < 1.29 is 32.6 Å². The van der Waals surface area contributed by atoms with E-state index in [1.54, 1.807) is 0 Å². The van der Waals surface area contributed by atoms with Gasteiger partial charge in [0.25, 0.3) is 0 Å². The van der Waals surface area contributed by atoms with Crippen molar-refractivity contribution in [1.29, 1.82) is 0 Å². The van der Waals surface area contributed by atoms with Crippen LogP contribution >= 0.6 is 0 Å². The zero-order valence-electron chi connectivity index (χ0n) is 10.7. The molecule has 0 amide bonds. The Morgan fingerprint density at radius 2 is 1.65 bits per heavy atom. The summed E-state index contributed by atoms with van der Waals surface area (Å²) >= 11 is 0. The average Bonchev–Trinajstić information content (AvgIpc) is 2.24. The van der Waals surface area contributed by atoms with Crippen LogP contribution in [0.3, 0.4) is 0 Å². The fourth-order valence-corrected chi connectivity index (χ4v) is 4.80. The molecule has 4 nitrogen and oxygen atoms in total. The van der Waals surface area contributed by atoms with Crippen LogP contribution in [0, 0.1) is 17.3 Å². The highest BCUT2D eigenvalue weighted by Gasteiger charge is 2.63. The first-order valence-electron chi connectivity index (χ1n) is 6.68. The summed E-state index contributed by atoms with van der Waals surface area (Å²) in [6.45, 7) is 0. The molecule has 0 aliphatic heterocycles. The summed E-state index contributed by atoms with van der Waals surface area (Å²) in [4.78, 5) is 22.6. The molecule has 4 rings (SSSR count). The Bertz CT molecular complexity index is 457. The minimum Gasteiger partial charge on any atom is -0.481 e. The van der Waals surface area contributed by atoms with Gasteiger partial charge in [0.15, 0.2) is 0 Å². The van der Waals surface area contributed by atoms with E-state index in [0.717, 1.165) is 6.42 Å². The standard InChI is InChI=1S/C13H15F3O4/c14-13(15,16)10(19)20-12-4-7-1-8(5-12)3-11(2-7,6-12)9(17)18/h7-8H,1-6H2,(H,17,18)/t7-,8-,11?,12?/m1/s1. The zero-order chi connectivity index (χ0) is 14.8. The molecule has 4 fully saturated rings. The molecule has 0 aromatic heterocycles. The molecule has 7 heteroatoms. The highest BCUT2D eigenvalue weighted by molar-refractivity contribution is 5.77. The first kappa shape index (κ1) is 13.7. The number of ether oxygens (including phenoxy) is 1. The second-order valence-corrected chi connectivity index (χ2v) is 6.62. The van der Waals surface area contributed by atoms with Gasteiger partial charge >= 0.3 is 18.1 Å². The average molecular weight is 292 g/mol. The summed E-state index contributed by atoms with van der Waals surface area (Å²) < 4.78 is 42.0. The highest BCUT2D eigenvalue weighted by atomic mass is 19.4. The van der Waals surface area contributed by atoms with Crippen LogP contribution in [0.1, 0.15) is 38.5 Å². The summed E-state index contributed by atoms with van der Waals surface area (Å²) in [5, 5.41) is 9.42. The molecule has 4 saturated carbocycles. The molecule has 0 saturated heterocycles. The molecule has 0 radical (unpaired) electrons. The van der Waals surface area contributed by atoms with E-state index >= 15 is 0 Å². The lowest BCUT2D eigenvalue weighted by atomic mass is 9.48. The van der Waals surface area contributed by atoms with Crippen molar-refractivity contribution in [2.24, 2.45) is 17.3 Å². The van der Waals surface area contributed by atoms with Gasteiger partial charge < -0.3 is 9.84 Å². The number of halogens is 3. The molecular formula is C13H15F3O4. The molecule has 4 bridgehead atoms. The van der Waals surface area contributed by atoms with E-state index < -0.39 is 29.1 Å². The molecule has 0 aromatic carbocycles. The van der Waals surface area contributed by atoms with Crippen molar-refractivity contribution in [3.05, 3.63) is 0 Å². The quantitative estimate of drug-likeness (QED) is 0.794. The van der Waals surface area contributed by atoms with Crippen LogP contribution in [-0.4, -0.2) is 28.8 Å². The third-order valence-corrected chi connectivity index (χ3v) is 5.00. The molecule has 0 heterocycles. The first-order valence-corrected chi connectivity index (χ1v) is 6.68. The van der Waals surface area contributed by atoms with E-state index in [1.165, 1.54) is 0 Å². The van der Waals surface area contributed by atoms with E-state index in [1.807, 2.05) is 0 Å². The minimum absolute atomic E-state index is 0.0180. The molecule has 20 heavy (non-hydrogen) atoms. The third-order valence-electron chi connectivity index (χ3n) is 5.00. The van der Waals surface area contributed by atoms with Gasteiger partial charge in [-0.05, 0) is 43.9 Å². The van der Waals surface area contributed by atoms with Crippen LogP contribution in [0.15, 0.2) is 0 Å². The Labute approximate surface area is 113 Å². The van der Waals surface area contributed by atoms with Crippen LogP contribution in [-0.2, 0) is 14.3 Å². The second kappa shape index (κ2) is 3.89. The number of carboxylic acid groups (broad SMARTS) is 1. The van der Waals surface area contributed by atoms with E-state index in [0.29, 0.717) is 25.7 Å². The summed E-state index contributed by atoms with van der Waals surface area (Å²) in [6, 6.07) is 0. The van der Waals surface area contributed by atoms with E-state index in [-0.39, 0.29) is 18.3 Å². The van der Waals surface area contributed by atoms with Crippen LogP contribution in [0.25, 0.3) is 0 Å².